The Morgan fingerprint density at radius 2 is 2.29 bits per heavy atom. The molecule has 0 saturated carbocycles. The lowest BCUT2D eigenvalue weighted by atomic mass is 10.1. The minimum absolute atomic E-state index is 0.230. The molecule has 0 aliphatic carbocycles. The van der Waals surface area contributed by atoms with Crippen molar-refractivity contribution in [1.29, 1.82) is 0 Å². The van der Waals surface area contributed by atoms with Crippen molar-refractivity contribution in [3.05, 3.63) is 35.7 Å². The van der Waals surface area contributed by atoms with E-state index in [2.05, 4.69) is 31.1 Å². The summed E-state index contributed by atoms with van der Waals surface area (Å²) in [6, 6.07) is 2.10. The molecular weight excluding hydrogens is 289 g/mol. The number of pyridine rings is 1. The molecule has 0 aromatic carbocycles. The molecule has 1 atom stereocenters. The van der Waals surface area contributed by atoms with Crippen LogP contribution in [0.4, 0.5) is 9.52 Å². The van der Waals surface area contributed by atoms with Gasteiger partial charge < -0.3 is 4.90 Å². The normalized spacial score (nSPS) is 20.0. The Labute approximate surface area is 127 Å². The highest BCUT2D eigenvalue weighted by molar-refractivity contribution is 7.09. The molecule has 1 saturated heterocycles. The fraction of sp³-hybridized carbons (Fsp3) is 0.500. The molecule has 7 heteroatoms. The van der Waals surface area contributed by atoms with Gasteiger partial charge in [-0.1, -0.05) is 0 Å². The smallest absolute Gasteiger partial charge is 0.205 e. The van der Waals surface area contributed by atoms with E-state index in [9.17, 15) is 4.39 Å². The number of anilines is 1. The average Bonchev–Trinajstić information content (AvgIpc) is 2.90. The van der Waals surface area contributed by atoms with Crippen molar-refractivity contribution < 1.29 is 4.39 Å². The van der Waals surface area contributed by atoms with E-state index in [1.807, 2.05) is 6.92 Å². The number of halogens is 1. The van der Waals surface area contributed by atoms with Crippen LogP contribution in [0.15, 0.2) is 18.5 Å². The zero-order chi connectivity index (χ0) is 14.8. The largest absolute Gasteiger partial charge is 0.344 e. The fourth-order valence-electron chi connectivity index (χ4n) is 2.57. The van der Waals surface area contributed by atoms with Gasteiger partial charge in [-0.05, 0) is 19.9 Å². The Kier molecular flexibility index (Phi) is 4.12. The molecule has 3 rings (SSSR count). The Balaban J connectivity index is 1.65. The van der Waals surface area contributed by atoms with Gasteiger partial charge in [0.15, 0.2) is 0 Å². The van der Waals surface area contributed by atoms with Crippen LogP contribution < -0.4 is 4.90 Å². The maximum atomic E-state index is 13.7. The van der Waals surface area contributed by atoms with Crippen molar-refractivity contribution in [3.63, 3.8) is 0 Å². The third-order valence-electron chi connectivity index (χ3n) is 3.78. The van der Waals surface area contributed by atoms with Gasteiger partial charge in [-0.25, -0.2) is 9.37 Å². The summed E-state index contributed by atoms with van der Waals surface area (Å²) >= 11 is 1.44. The highest BCUT2D eigenvalue weighted by Crippen LogP contribution is 2.22. The van der Waals surface area contributed by atoms with Gasteiger partial charge >= 0.3 is 0 Å². The van der Waals surface area contributed by atoms with E-state index in [-0.39, 0.29) is 5.82 Å². The van der Waals surface area contributed by atoms with Crippen LogP contribution in [0, 0.1) is 12.7 Å². The number of piperazine rings is 1. The summed E-state index contributed by atoms with van der Waals surface area (Å²) in [5.74, 6) is 0.593. The van der Waals surface area contributed by atoms with Crippen LogP contribution >= 0.6 is 11.5 Å². The van der Waals surface area contributed by atoms with E-state index in [4.69, 9.17) is 0 Å². The molecule has 1 aliphatic heterocycles. The second kappa shape index (κ2) is 6.03. The van der Waals surface area contributed by atoms with E-state index in [1.165, 1.54) is 17.7 Å². The zero-order valence-corrected chi connectivity index (χ0v) is 13.0. The molecule has 112 valence electrons. The molecular formula is C14H18FN5S. The standard InChI is InChI=1S/C14H18FN5S/c1-10-8-20(14-17-11(2)18-21-14)6-5-19(10)9-12-3-4-16-7-13(12)15/h3-4,7,10H,5-6,8-9H2,1-2H3. The molecule has 0 amide bonds. The lowest BCUT2D eigenvalue weighted by molar-refractivity contribution is 0.179. The SMILES string of the molecule is Cc1nsc(N2CCN(Cc3ccncc3F)C(C)C2)n1. The number of hydrogen-bond donors (Lipinski definition) is 0. The highest BCUT2D eigenvalue weighted by Gasteiger charge is 2.26. The topological polar surface area (TPSA) is 45.2 Å². The van der Waals surface area contributed by atoms with Gasteiger partial charge in [0.25, 0.3) is 0 Å². The summed E-state index contributed by atoms with van der Waals surface area (Å²) in [5.41, 5.74) is 0.706. The average molecular weight is 307 g/mol. The minimum Gasteiger partial charge on any atom is -0.344 e. The van der Waals surface area contributed by atoms with Gasteiger partial charge in [-0.3, -0.25) is 9.88 Å². The lowest BCUT2D eigenvalue weighted by Crippen LogP contribution is -2.51. The Hall–Kier alpha value is -1.60. The third-order valence-corrected chi connectivity index (χ3v) is 4.65. The molecule has 2 aromatic rings. The first-order chi connectivity index (χ1) is 10.1. The fourth-order valence-corrected chi connectivity index (χ4v) is 3.28. The van der Waals surface area contributed by atoms with Crippen molar-refractivity contribution in [2.75, 3.05) is 24.5 Å². The number of hydrogen-bond acceptors (Lipinski definition) is 6. The van der Waals surface area contributed by atoms with Gasteiger partial charge in [0, 0.05) is 55.5 Å². The first kappa shape index (κ1) is 14.3. The molecule has 0 bridgehead atoms. The summed E-state index contributed by atoms with van der Waals surface area (Å²) < 4.78 is 17.9. The van der Waals surface area contributed by atoms with Gasteiger partial charge in [0.1, 0.15) is 11.6 Å². The first-order valence-electron chi connectivity index (χ1n) is 7.01. The summed E-state index contributed by atoms with van der Waals surface area (Å²) in [7, 11) is 0. The van der Waals surface area contributed by atoms with Crippen molar-refractivity contribution in [2.24, 2.45) is 0 Å². The predicted molar refractivity (Wildman–Crippen MR) is 80.9 cm³/mol. The molecule has 1 fully saturated rings. The van der Waals surface area contributed by atoms with Crippen LogP contribution in [0.25, 0.3) is 0 Å². The van der Waals surface area contributed by atoms with Gasteiger partial charge in [-0.2, -0.15) is 4.37 Å². The van der Waals surface area contributed by atoms with Gasteiger partial charge in [0.05, 0.1) is 6.20 Å². The number of nitrogens with zero attached hydrogens (tertiary/aromatic N) is 5. The lowest BCUT2D eigenvalue weighted by Gasteiger charge is -2.39. The van der Waals surface area contributed by atoms with Crippen molar-refractivity contribution >= 4 is 16.7 Å². The zero-order valence-electron chi connectivity index (χ0n) is 12.2. The van der Waals surface area contributed by atoms with E-state index >= 15 is 0 Å². The van der Waals surface area contributed by atoms with E-state index in [1.54, 1.807) is 12.3 Å². The molecule has 1 aliphatic rings. The van der Waals surface area contributed by atoms with Crippen molar-refractivity contribution in [2.45, 2.75) is 26.4 Å². The maximum absolute atomic E-state index is 13.7. The van der Waals surface area contributed by atoms with E-state index in [0.717, 1.165) is 30.6 Å². The maximum Gasteiger partial charge on any atom is 0.205 e. The molecule has 0 N–H and O–H groups in total. The van der Waals surface area contributed by atoms with E-state index < -0.39 is 0 Å². The van der Waals surface area contributed by atoms with Crippen LogP contribution in [0.2, 0.25) is 0 Å². The molecule has 2 aromatic heterocycles. The predicted octanol–water partition coefficient (Wildman–Crippen LogP) is 2.09. The Bertz CT molecular complexity index is 617. The van der Waals surface area contributed by atoms with Crippen LogP contribution in [0.3, 0.4) is 0 Å². The summed E-state index contributed by atoms with van der Waals surface area (Å²) in [5, 5.41) is 0.981. The summed E-state index contributed by atoms with van der Waals surface area (Å²) in [4.78, 5) is 12.8. The Morgan fingerprint density at radius 3 is 2.95 bits per heavy atom. The Morgan fingerprint density at radius 1 is 1.43 bits per heavy atom. The summed E-state index contributed by atoms with van der Waals surface area (Å²) in [6.07, 6.45) is 2.92. The van der Waals surface area contributed by atoms with Crippen molar-refractivity contribution in [3.8, 4) is 0 Å². The molecule has 21 heavy (non-hydrogen) atoms. The van der Waals surface area contributed by atoms with E-state index in [0.29, 0.717) is 18.2 Å². The highest BCUT2D eigenvalue weighted by atomic mass is 32.1. The van der Waals surface area contributed by atoms with Crippen LogP contribution in [0.5, 0.6) is 0 Å². The van der Waals surface area contributed by atoms with Crippen molar-refractivity contribution in [1.82, 2.24) is 19.2 Å². The first-order valence-corrected chi connectivity index (χ1v) is 7.78. The second-order valence-corrected chi connectivity index (χ2v) is 6.09. The minimum atomic E-state index is -0.230. The van der Waals surface area contributed by atoms with Crippen LogP contribution in [-0.4, -0.2) is 44.9 Å². The van der Waals surface area contributed by atoms with Crippen LogP contribution in [-0.2, 0) is 6.54 Å². The number of aryl methyl sites for hydroxylation is 1. The number of aromatic nitrogens is 3. The monoisotopic (exact) mass is 307 g/mol. The molecule has 0 spiro atoms. The molecule has 1 unspecified atom stereocenters. The third kappa shape index (κ3) is 3.19. The van der Waals surface area contributed by atoms with Gasteiger partial charge in [0.2, 0.25) is 5.13 Å². The quantitative estimate of drug-likeness (QED) is 0.869. The summed E-state index contributed by atoms with van der Waals surface area (Å²) in [6.45, 7) is 7.37. The number of rotatable bonds is 3. The second-order valence-electron chi connectivity index (χ2n) is 5.36. The molecule has 3 heterocycles. The van der Waals surface area contributed by atoms with Crippen LogP contribution in [0.1, 0.15) is 18.3 Å². The molecule has 5 nitrogen and oxygen atoms in total. The molecule has 0 radical (unpaired) electrons. The van der Waals surface area contributed by atoms with Gasteiger partial charge in [-0.15, -0.1) is 0 Å².